The molecule has 0 aliphatic heterocycles. The normalized spacial score (nSPS) is 12.9. The number of aryl methyl sites for hydroxylation is 1. The van der Waals surface area contributed by atoms with Crippen LogP contribution < -0.4 is 5.32 Å². The number of carbonyl (C=O) groups excluding carboxylic acids is 2. The number of hydrogen-bond donors (Lipinski definition) is 1. The first-order valence-electron chi connectivity index (χ1n) is 8.53. The molecule has 0 saturated heterocycles. The van der Waals surface area contributed by atoms with Crippen molar-refractivity contribution in [1.82, 2.24) is 5.32 Å². The average Bonchev–Trinajstić information content (AvgIpc) is 2.62. The fourth-order valence-electron chi connectivity index (χ4n) is 2.46. The van der Waals surface area contributed by atoms with Crippen LogP contribution in [0.25, 0.3) is 0 Å². The van der Waals surface area contributed by atoms with E-state index in [-0.39, 0.29) is 18.2 Å². The first kappa shape index (κ1) is 18.7. The second-order valence-corrected chi connectivity index (χ2v) is 6.35. The Kier molecular flexibility index (Phi) is 6.75. The van der Waals surface area contributed by atoms with Gasteiger partial charge in [-0.2, -0.15) is 0 Å². The maximum atomic E-state index is 12.1. The highest BCUT2D eigenvalue weighted by Crippen LogP contribution is 2.13. The van der Waals surface area contributed by atoms with Gasteiger partial charge in [-0.15, -0.1) is 0 Å². The van der Waals surface area contributed by atoms with Crippen molar-refractivity contribution in [2.45, 2.75) is 39.2 Å². The van der Waals surface area contributed by atoms with Crippen molar-refractivity contribution in [3.8, 4) is 0 Å². The lowest BCUT2D eigenvalue weighted by Crippen LogP contribution is -2.37. The number of esters is 1. The Morgan fingerprint density at radius 2 is 1.64 bits per heavy atom. The van der Waals surface area contributed by atoms with Crippen LogP contribution in [0.4, 0.5) is 0 Å². The molecular formula is C21H25NO3. The number of amides is 1. The van der Waals surface area contributed by atoms with E-state index >= 15 is 0 Å². The molecule has 2 aromatic rings. The second-order valence-electron chi connectivity index (χ2n) is 6.35. The predicted octanol–water partition coefficient (Wildman–Crippen LogP) is 3.39. The quantitative estimate of drug-likeness (QED) is 0.787. The molecule has 2 aromatic carbocycles. The minimum absolute atomic E-state index is 0.165. The highest BCUT2D eigenvalue weighted by molar-refractivity contribution is 5.83. The monoisotopic (exact) mass is 339 g/mol. The summed E-state index contributed by atoms with van der Waals surface area (Å²) < 4.78 is 5.23. The lowest BCUT2D eigenvalue weighted by molar-refractivity contribution is -0.154. The van der Waals surface area contributed by atoms with Gasteiger partial charge in [0, 0.05) is 6.54 Å². The van der Waals surface area contributed by atoms with Crippen molar-refractivity contribution in [3.63, 3.8) is 0 Å². The van der Waals surface area contributed by atoms with E-state index in [9.17, 15) is 9.59 Å². The minimum atomic E-state index is -0.805. The zero-order valence-electron chi connectivity index (χ0n) is 15.0. The molecule has 0 saturated carbocycles. The minimum Gasteiger partial charge on any atom is -0.452 e. The van der Waals surface area contributed by atoms with E-state index in [1.807, 2.05) is 68.4 Å². The van der Waals surface area contributed by atoms with Gasteiger partial charge in [-0.05, 0) is 30.9 Å². The van der Waals surface area contributed by atoms with Crippen molar-refractivity contribution in [2.24, 2.45) is 0 Å². The van der Waals surface area contributed by atoms with Crippen molar-refractivity contribution in [3.05, 3.63) is 71.3 Å². The molecule has 2 rings (SSSR count). The molecular weight excluding hydrogens is 314 g/mol. The van der Waals surface area contributed by atoms with Crippen LogP contribution in [-0.2, 0) is 20.7 Å². The third kappa shape index (κ3) is 6.07. The van der Waals surface area contributed by atoms with Gasteiger partial charge >= 0.3 is 5.97 Å². The van der Waals surface area contributed by atoms with Crippen LogP contribution in [0.15, 0.2) is 54.6 Å². The molecule has 0 aromatic heterocycles. The van der Waals surface area contributed by atoms with Gasteiger partial charge in [0.1, 0.15) is 0 Å². The third-order valence-electron chi connectivity index (χ3n) is 4.10. The third-order valence-corrected chi connectivity index (χ3v) is 4.10. The molecule has 0 aliphatic rings. The standard InChI is InChI=1S/C21H25NO3/c1-15-9-11-18(12-10-15)13-20(23)25-17(3)21(24)22-14-16(2)19-7-5-4-6-8-19/h4-12,16-17H,13-14H2,1-3H3,(H,22,24)/t16-,17+/m1/s1. The molecule has 0 radical (unpaired) electrons. The largest absolute Gasteiger partial charge is 0.452 e. The number of rotatable bonds is 7. The number of benzene rings is 2. The molecule has 0 aliphatic carbocycles. The molecule has 4 heteroatoms. The first-order chi connectivity index (χ1) is 12.0. The van der Waals surface area contributed by atoms with Crippen LogP contribution >= 0.6 is 0 Å². The highest BCUT2D eigenvalue weighted by atomic mass is 16.5. The van der Waals surface area contributed by atoms with Crippen molar-refractivity contribution in [2.75, 3.05) is 6.54 Å². The van der Waals surface area contributed by atoms with E-state index in [1.54, 1.807) is 6.92 Å². The molecule has 1 N–H and O–H groups in total. The number of carbonyl (C=O) groups is 2. The summed E-state index contributed by atoms with van der Waals surface area (Å²) in [5.41, 5.74) is 3.17. The van der Waals surface area contributed by atoms with Gasteiger partial charge in [-0.25, -0.2) is 0 Å². The SMILES string of the molecule is Cc1ccc(CC(=O)O[C@@H](C)C(=O)NC[C@@H](C)c2ccccc2)cc1. The van der Waals surface area contributed by atoms with Crippen LogP contribution in [0.2, 0.25) is 0 Å². The highest BCUT2D eigenvalue weighted by Gasteiger charge is 2.18. The van der Waals surface area contributed by atoms with Crippen molar-refractivity contribution >= 4 is 11.9 Å². The maximum Gasteiger partial charge on any atom is 0.311 e. The van der Waals surface area contributed by atoms with Gasteiger partial charge in [-0.1, -0.05) is 67.1 Å². The van der Waals surface area contributed by atoms with Gasteiger partial charge < -0.3 is 10.1 Å². The Labute approximate surface area is 149 Å². The van der Waals surface area contributed by atoms with E-state index in [1.165, 1.54) is 0 Å². The summed E-state index contributed by atoms with van der Waals surface area (Å²) in [7, 11) is 0. The van der Waals surface area contributed by atoms with Gasteiger partial charge in [-0.3, -0.25) is 9.59 Å². The first-order valence-corrected chi connectivity index (χ1v) is 8.53. The van der Waals surface area contributed by atoms with Crippen LogP contribution in [0.1, 0.15) is 36.5 Å². The summed E-state index contributed by atoms with van der Waals surface area (Å²) in [6, 6.07) is 17.7. The van der Waals surface area contributed by atoms with Crippen molar-refractivity contribution < 1.29 is 14.3 Å². The van der Waals surface area contributed by atoms with Crippen molar-refractivity contribution in [1.29, 1.82) is 0 Å². The van der Waals surface area contributed by atoms with E-state index in [0.717, 1.165) is 16.7 Å². The Balaban J connectivity index is 1.77. The van der Waals surface area contributed by atoms with E-state index in [2.05, 4.69) is 5.32 Å². The molecule has 0 fully saturated rings. The molecule has 0 bridgehead atoms. The fourth-order valence-corrected chi connectivity index (χ4v) is 2.46. The summed E-state index contributed by atoms with van der Waals surface area (Å²) in [4.78, 5) is 24.1. The molecule has 2 atom stereocenters. The molecule has 1 amide bonds. The van der Waals surface area contributed by atoms with Crippen LogP contribution in [0, 0.1) is 6.92 Å². The number of hydrogen-bond acceptors (Lipinski definition) is 3. The number of nitrogens with one attached hydrogen (secondary N) is 1. The molecule has 132 valence electrons. The Hall–Kier alpha value is -2.62. The molecule has 0 heterocycles. The average molecular weight is 339 g/mol. The molecule has 4 nitrogen and oxygen atoms in total. The van der Waals surface area contributed by atoms with Gasteiger partial charge in [0.15, 0.2) is 6.10 Å². The molecule has 0 unspecified atom stereocenters. The Bertz CT molecular complexity index is 695. The lowest BCUT2D eigenvalue weighted by atomic mass is 10.0. The van der Waals surface area contributed by atoms with Gasteiger partial charge in [0.25, 0.3) is 5.91 Å². The van der Waals surface area contributed by atoms with Crippen LogP contribution in [0.3, 0.4) is 0 Å². The second kappa shape index (κ2) is 9.02. The Morgan fingerprint density at radius 1 is 1.00 bits per heavy atom. The topological polar surface area (TPSA) is 55.4 Å². The van der Waals surface area contributed by atoms with Gasteiger partial charge in [0.2, 0.25) is 0 Å². The predicted molar refractivity (Wildman–Crippen MR) is 98.3 cm³/mol. The molecule has 25 heavy (non-hydrogen) atoms. The van der Waals surface area contributed by atoms with Gasteiger partial charge in [0.05, 0.1) is 6.42 Å². The molecule has 0 spiro atoms. The lowest BCUT2D eigenvalue weighted by Gasteiger charge is -2.16. The zero-order valence-corrected chi connectivity index (χ0v) is 15.0. The summed E-state index contributed by atoms with van der Waals surface area (Å²) in [6.07, 6.45) is -0.640. The fraction of sp³-hybridized carbons (Fsp3) is 0.333. The van der Waals surface area contributed by atoms with E-state index in [4.69, 9.17) is 4.74 Å². The summed E-state index contributed by atoms with van der Waals surface area (Å²) in [5, 5.41) is 2.84. The van der Waals surface area contributed by atoms with Crippen LogP contribution in [0.5, 0.6) is 0 Å². The maximum absolute atomic E-state index is 12.1. The smallest absolute Gasteiger partial charge is 0.311 e. The summed E-state index contributed by atoms with van der Waals surface area (Å²) in [5.74, 6) is -0.483. The zero-order chi connectivity index (χ0) is 18.2. The van der Waals surface area contributed by atoms with E-state index < -0.39 is 12.1 Å². The summed E-state index contributed by atoms with van der Waals surface area (Å²) in [6.45, 7) is 6.13. The van der Waals surface area contributed by atoms with E-state index in [0.29, 0.717) is 6.54 Å². The van der Waals surface area contributed by atoms with Crippen LogP contribution in [-0.4, -0.2) is 24.5 Å². The summed E-state index contributed by atoms with van der Waals surface area (Å²) >= 11 is 0. The number of ether oxygens (including phenoxy) is 1. The Morgan fingerprint density at radius 3 is 2.28 bits per heavy atom.